The Balaban J connectivity index is 1.25. The van der Waals surface area contributed by atoms with Crippen molar-refractivity contribution in [2.45, 2.75) is 127 Å². The first-order valence-electron chi connectivity index (χ1n) is 16.0. The average Bonchev–Trinajstić information content (AvgIpc) is 3.51. The van der Waals surface area contributed by atoms with Crippen LogP contribution in [0.5, 0.6) is 0 Å². The third-order valence-electron chi connectivity index (χ3n) is 9.79. The molecule has 0 amide bonds. The SMILES string of the molecule is C=C(CC1CCC(O)C2(CCC3(CCC(CCO[Si](c4ccccc4)(c4ccccc4)C(C)(C)C)O3)O2)O1)[Si](C)(C)C. The van der Waals surface area contributed by atoms with Gasteiger partial charge in [0, 0.05) is 25.9 Å². The van der Waals surface area contributed by atoms with E-state index in [2.05, 4.69) is 108 Å². The van der Waals surface area contributed by atoms with Crippen molar-refractivity contribution in [3.8, 4) is 0 Å². The molecule has 42 heavy (non-hydrogen) atoms. The van der Waals surface area contributed by atoms with Gasteiger partial charge < -0.3 is 23.7 Å². The Kier molecular flexibility index (Phi) is 9.15. The summed E-state index contributed by atoms with van der Waals surface area (Å²) in [4.78, 5) is 0. The van der Waals surface area contributed by atoms with Crippen LogP contribution < -0.4 is 10.4 Å². The summed E-state index contributed by atoms with van der Waals surface area (Å²) in [6.07, 6.45) is 5.81. The van der Waals surface area contributed by atoms with Gasteiger partial charge in [-0.2, -0.15) is 0 Å². The van der Waals surface area contributed by atoms with Crippen LogP contribution in [-0.2, 0) is 18.6 Å². The molecule has 0 radical (unpaired) electrons. The highest BCUT2D eigenvalue weighted by atomic mass is 28.4. The first kappa shape index (κ1) is 31.8. The van der Waals surface area contributed by atoms with E-state index in [0.717, 1.165) is 38.5 Å². The van der Waals surface area contributed by atoms with E-state index >= 15 is 0 Å². The first-order valence-corrected chi connectivity index (χ1v) is 21.4. The maximum Gasteiger partial charge on any atom is 0.261 e. The van der Waals surface area contributed by atoms with Crippen LogP contribution in [0.2, 0.25) is 24.7 Å². The van der Waals surface area contributed by atoms with Crippen molar-refractivity contribution in [1.29, 1.82) is 0 Å². The molecule has 230 valence electrons. The van der Waals surface area contributed by atoms with Gasteiger partial charge in [0.1, 0.15) is 6.10 Å². The van der Waals surface area contributed by atoms with E-state index < -0.39 is 34.1 Å². The highest BCUT2D eigenvalue weighted by molar-refractivity contribution is 6.99. The number of ether oxygens (including phenoxy) is 3. The monoisotopic (exact) mass is 608 g/mol. The molecule has 3 aliphatic rings. The summed E-state index contributed by atoms with van der Waals surface area (Å²) < 4.78 is 27.1. The van der Waals surface area contributed by atoms with Crippen molar-refractivity contribution in [3.63, 3.8) is 0 Å². The molecule has 0 bridgehead atoms. The summed E-state index contributed by atoms with van der Waals surface area (Å²) in [5, 5.41) is 14.9. The van der Waals surface area contributed by atoms with E-state index in [1.165, 1.54) is 15.6 Å². The minimum absolute atomic E-state index is 0.0415. The second-order valence-electron chi connectivity index (χ2n) is 14.8. The Morgan fingerprint density at radius 2 is 1.50 bits per heavy atom. The quantitative estimate of drug-likeness (QED) is 0.321. The molecule has 0 aliphatic carbocycles. The molecule has 2 aromatic carbocycles. The fourth-order valence-electron chi connectivity index (χ4n) is 7.18. The number of rotatable bonds is 9. The summed E-state index contributed by atoms with van der Waals surface area (Å²) in [7, 11) is -4.03. The molecule has 5 rings (SSSR count). The Morgan fingerprint density at radius 3 is 2.07 bits per heavy atom. The van der Waals surface area contributed by atoms with Crippen molar-refractivity contribution in [2.24, 2.45) is 0 Å². The van der Waals surface area contributed by atoms with E-state index in [-0.39, 0.29) is 17.2 Å². The van der Waals surface area contributed by atoms with Crippen LogP contribution >= 0.6 is 0 Å². The predicted octanol–water partition coefficient (Wildman–Crippen LogP) is 6.70. The molecule has 3 saturated heterocycles. The fraction of sp³-hybridized carbons (Fsp3) is 0.600. The Labute approximate surface area is 255 Å². The highest BCUT2D eigenvalue weighted by Crippen LogP contribution is 2.51. The van der Waals surface area contributed by atoms with Crippen LogP contribution in [-0.4, -0.2) is 58.0 Å². The Bertz CT molecular complexity index is 1170. The van der Waals surface area contributed by atoms with E-state index in [4.69, 9.17) is 18.6 Å². The van der Waals surface area contributed by atoms with Gasteiger partial charge in [-0.05, 0) is 47.5 Å². The van der Waals surface area contributed by atoms with Crippen molar-refractivity contribution in [3.05, 3.63) is 72.4 Å². The third-order valence-corrected chi connectivity index (χ3v) is 17.2. The van der Waals surface area contributed by atoms with E-state index in [0.29, 0.717) is 19.4 Å². The molecule has 3 heterocycles. The van der Waals surface area contributed by atoms with Crippen LogP contribution in [0.3, 0.4) is 0 Å². The van der Waals surface area contributed by atoms with E-state index in [1.54, 1.807) is 0 Å². The second-order valence-corrected chi connectivity index (χ2v) is 24.3. The molecule has 5 nitrogen and oxygen atoms in total. The maximum atomic E-state index is 11.1. The van der Waals surface area contributed by atoms with Crippen molar-refractivity contribution < 1.29 is 23.7 Å². The molecule has 5 atom stereocenters. The zero-order chi connectivity index (χ0) is 30.2. The summed E-state index contributed by atoms with van der Waals surface area (Å²) in [5.74, 6) is -1.65. The van der Waals surface area contributed by atoms with Crippen LogP contribution in [0.15, 0.2) is 72.4 Å². The molecular weight excluding hydrogens is 557 g/mol. The minimum atomic E-state index is -2.58. The largest absolute Gasteiger partial charge is 0.407 e. The Hall–Kier alpha value is -1.59. The van der Waals surface area contributed by atoms with Gasteiger partial charge in [0.25, 0.3) is 8.32 Å². The molecule has 5 unspecified atom stereocenters. The molecule has 0 aromatic heterocycles. The lowest BCUT2D eigenvalue weighted by Gasteiger charge is -2.43. The van der Waals surface area contributed by atoms with Crippen LogP contribution in [0.25, 0.3) is 0 Å². The van der Waals surface area contributed by atoms with Gasteiger partial charge in [-0.15, -0.1) is 6.58 Å². The summed E-state index contributed by atoms with van der Waals surface area (Å²) >= 11 is 0. The predicted molar refractivity (Wildman–Crippen MR) is 175 cm³/mol. The molecule has 3 aliphatic heterocycles. The summed E-state index contributed by atoms with van der Waals surface area (Å²) in [5.41, 5.74) is 0. The number of hydrogen-bond donors (Lipinski definition) is 1. The first-order chi connectivity index (χ1) is 19.8. The number of benzene rings is 2. The lowest BCUT2D eigenvalue weighted by atomic mass is 9.94. The van der Waals surface area contributed by atoms with Gasteiger partial charge in [0.15, 0.2) is 11.6 Å². The molecule has 7 heteroatoms. The number of aliphatic hydroxyl groups is 1. The van der Waals surface area contributed by atoms with E-state index in [9.17, 15) is 5.11 Å². The van der Waals surface area contributed by atoms with Gasteiger partial charge in [0.05, 0.1) is 20.3 Å². The topological polar surface area (TPSA) is 57.2 Å². The lowest BCUT2D eigenvalue weighted by molar-refractivity contribution is -0.363. The van der Waals surface area contributed by atoms with E-state index in [1.807, 2.05) is 0 Å². The van der Waals surface area contributed by atoms with Gasteiger partial charge in [-0.25, -0.2) is 0 Å². The standard InChI is InChI=1S/C35H52O5Si2/c1-27(41(5,6)7)26-29-18-19-32(36)35(39-29)24-23-34(40-35)22-20-28(38-34)21-25-37-42(33(2,3)4,30-14-10-8-11-15-30)31-16-12-9-13-17-31/h8-17,28-29,32,36H,1,18-26H2,2-7H3. The summed E-state index contributed by atoms with van der Waals surface area (Å²) in [6, 6.07) is 21.6. The van der Waals surface area contributed by atoms with Gasteiger partial charge >= 0.3 is 0 Å². The molecule has 3 fully saturated rings. The van der Waals surface area contributed by atoms with Crippen LogP contribution in [0, 0.1) is 0 Å². The van der Waals surface area contributed by atoms with Gasteiger partial charge in [-0.3, -0.25) is 0 Å². The van der Waals surface area contributed by atoms with Crippen LogP contribution in [0.4, 0.5) is 0 Å². The highest BCUT2D eigenvalue weighted by Gasteiger charge is 2.59. The van der Waals surface area contributed by atoms with Crippen molar-refractivity contribution in [2.75, 3.05) is 6.61 Å². The summed E-state index contributed by atoms with van der Waals surface area (Å²) in [6.45, 7) is 18.9. The minimum Gasteiger partial charge on any atom is -0.407 e. The fourth-order valence-corrected chi connectivity index (χ4v) is 12.6. The van der Waals surface area contributed by atoms with Crippen LogP contribution in [0.1, 0.15) is 72.1 Å². The molecule has 2 aromatic rings. The van der Waals surface area contributed by atoms with Gasteiger partial charge in [-0.1, -0.05) is 106 Å². The molecule has 2 spiro atoms. The number of aliphatic hydroxyl groups excluding tert-OH is 1. The Morgan fingerprint density at radius 1 is 0.881 bits per heavy atom. The van der Waals surface area contributed by atoms with Gasteiger partial charge in [0.2, 0.25) is 0 Å². The smallest absolute Gasteiger partial charge is 0.261 e. The molecule has 0 saturated carbocycles. The van der Waals surface area contributed by atoms with Crippen molar-refractivity contribution in [1.82, 2.24) is 0 Å². The second kappa shape index (κ2) is 12.1. The van der Waals surface area contributed by atoms with Crippen molar-refractivity contribution >= 4 is 26.8 Å². The molecular formula is C35H52O5Si2. The number of hydrogen-bond acceptors (Lipinski definition) is 5. The molecule has 1 N–H and O–H groups in total. The zero-order valence-corrected chi connectivity index (χ0v) is 28.7. The zero-order valence-electron chi connectivity index (χ0n) is 26.7. The lowest BCUT2D eigenvalue weighted by Crippen LogP contribution is -2.66. The third kappa shape index (κ3) is 6.30. The average molecular weight is 609 g/mol. The normalized spacial score (nSPS) is 30.3. The maximum absolute atomic E-state index is 11.1.